The molecule has 2 N–H and O–H groups in total. The number of likely N-dealkylation sites (tertiary alicyclic amines) is 1. The molecule has 0 aromatic heterocycles. The standard InChI is InChI=1S/C18H21Cl2N3O3/c1-10(6-15-16(24)22-18(26)21-15)17(25)23-4-2-11(3-5-23)12-7-13(19)9-14(20)8-12/h7-11,15H,2-6H2,1H3,(H2,21,22,24,26). The van der Waals surface area contributed by atoms with Gasteiger partial charge in [-0.25, -0.2) is 4.79 Å². The van der Waals surface area contributed by atoms with Crippen LogP contribution in [0.3, 0.4) is 0 Å². The monoisotopic (exact) mass is 397 g/mol. The summed E-state index contributed by atoms with van der Waals surface area (Å²) in [5.41, 5.74) is 1.10. The van der Waals surface area contributed by atoms with Crippen LogP contribution in [0, 0.1) is 5.92 Å². The van der Waals surface area contributed by atoms with Crippen LogP contribution in [-0.2, 0) is 9.59 Å². The highest BCUT2D eigenvalue weighted by molar-refractivity contribution is 6.34. The van der Waals surface area contributed by atoms with Crippen LogP contribution >= 0.6 is 23.2 Å². The van der Waals surface area contributed by atoms with Gasteiger partial charge in [0.05, 0.1) is 0 Å². The highest BCUT2D eigenvalue weighted by Gasteiger charge is 2.34. The lowest BCUT2D eigenvalue weighted by molar-refractivity contribution is -0.136. The number of hydrogen-bond acceptors (Lipinski definition) is 3. The predicted octanol–water partition coefficient (Wildman–Crippen LogP) is 2.93. The molecule has 2 atom stereocenters. The van der Waals surface area contributed by atoms with Crippen molar-refractivity contribution in [3.8, 4) is 0 Å². The predicted molar refractivity (Wildman–Crippen MR) is 99.3 cm³/mol. The summed E-state index contributed by atoms with van der Waals surface area (Å²) in [6.45, 7) is 3.10. The quantitative estimate of drug-likeness (QED) is 0.766. The Hall–Kier alpha value is -1.79. The molecule has 26 heavy (non-hydrogen) atoms. The third kappa shape index (κ3) is 4.30. The smallest absolute Gasteiger partial charge is 0.322 e. The Morgan fingerprint density at radius 1 is 1.19 bits per heavy atom. The first-order valence-corrected chi connectivity index (χ1v) is 9.45. The molecule has 0 aliphatic carbocycles. The van der Waals surface area contributed by atoms with Crippen molar-refractivity contribution in [1.82, 2.24) is 15.5 Å². The number of piperidine rings is 1. The van der Waals surface area contributed by atoms with Crippen LogP contribution < -0.4 is 10.6 Å². The number of urea groups is 1. The molecule has 1 aromatic carbocycles. The molecular weight excluding hydrogens is 377 g/mol. The zero-order chi connectivity index (χ0) is 18.8. The summed E-state index contributed by atoms with van der Waals surface area (Å²) in [5, 5.41) is 5.97. The summed E-state index contributed by atoms with van der Waals surface area (Å²) in [7, 11) is 0. The van der Waals surface area contributed by atoms with Gasteiger partial charge in [-0.15, -0.1) is 0 Å². The number of imide groups is 1. The number of amides is 4. The molecule has 0 saturated carbocycles. The van der Waals surface area contributed by atoms with E-state index in [-0.39, 0.29) is 17.7 Å². The lowest BCUT2D eigenvalue weighted by Crippen LogP contribution is -2.43. The van der Waals surface area contributed by atoms with Crippen molar-refractivity contribution < 1.29 is 14.4 Å². The van der Waals surface area contributed by atoms with Gasteiger partial charge in [-0.05, 0) is 48.9 Å². The molecule has 0 bridgehead atoms. The topological polar surface area (TPSA) is 78.5 Å². The van der Waals surface area contributed by atoms with Gasteiger partial charge < -0.3 is 10.2 Å². The zero-order valence-electron chi connectivity index (χ0n) is 14.4. The number of benzene rings is 1. The van der Waals surface area contributed by atoms with Crippen molar-refractivity contribution in [2.45, 2.75) is 38.1 Å². The Labute approximate surface area is 162 Å². The first-order valence-electron chi connectivity index (χ1n) is 8.69. The van der Waals surface area contributed by atoms with Gasteiger partial charge in [0.2, 0.25) is 5.91 Å². The fourth-order valence-corrected chi connectivity index (χ4v) is 4.18. The van der Waals surface area contributed by atoms with Gasteiger partial charge in [-0.3, -0.25) is 14.9 Å². The fraction of sp³-hybridized carbons (Fsp3) is 0.500. The van der Waals surface area contributed by atoms with Gasteiger partial charge in [0.25, 0.3) is 5.91 Å². The van der Waals surface area contributed by atoms with Crippen molar-refractivity contribution in [3.63, 3.8) is 0 Å². The van der Waals surface area contributed by atoms with Crippen LogP contribution in [0.5, 0.6) is 0 Å². The van der Waals surface area contributed by atoms with E-state index >= 15 is 0 Å². The summed E-state index contributed by atoms with van der Waals surface area (Å²) in [4.78, 5) is 37.3. The first kappa shape index (κ1) is 19.0. The van der Waals surface area contributed by atoms with E-state index < -0.39 is 12.1 Å². The molecule has 2 unspecified atom stereocenters. The van der Waals surface area contributed by atoms with Crippen LogP contribution in [0.15, 0.2) is 18.2 Å². The number of rotatable bonds is 4. The SMILES string of the molecule is CC(CC1NC(=O)NC1=O)C(=O)N1CCC(c2cc(Cl)cc(Cl)c2)CC1. The minimum atomic E-state index is -0.632. The van der Waals surface area contributed by atoms with E-state index in [2.05, 4.69) is 10.6 Å². The second kappa shape index (κ2) is 7.84. The van der Waals surface area contributed by atoms with Gasteiger partial charge in [-0.1, -0.05) is 30.1 Å². The van der Waals surface area contributed by atoms with Gasteiger partial charge in [0.1, 0.15) is 6.04 Å². The number of nitrogens with zero attached hydrogens (tertiary/aromatic N) is 1. The molecule has 2 aliphatic rings. The summed E-state index contributed by atoms with van der Waals surface area (Å²) in [6.07, 6.45) is 1.99. The van der Waals surface area contributed by atoms with Crippen LogP contribution in [-0.4, -0.2) is 41.9 Å². The zero-order valence-corrected chi connectivity index (χ0v) is 15.9. The Kier molecular flexibility index (Phi) is 5.73. The Morgan fingerprint density at radius 3 is 2.35 bits per heavy atom. The number of carbonyl (C=O) groups is 3. The molecule has 0 radical (unpaired) electrons. The molecule has 2 aliphatic heterocycles. The second-order valence-corrected chi connectivity index (χ2v) is 7.83. The van der Waals surface area contributed by atoms with E-state index in [1.54, 1.807) is 13.0 Å². The molecular formula is C18H21Cl2N3O3. The molecule has 8 heteroatoms. The third-order valence-electron chi connectivity index (χ3n) is 5.03. The van der Waals surface area contributed by atoms with Crippen LogP contribution in [0.25, 0.3) is 0 Å². The molecule has 0 spiro atoms. The van der Waals surface area contributed by atoms with Crippen LogP contribution in [0.4, 0.5) is 4.79 Å². The number of hydrogen-bond donors (Lipinski definition) is 2. The molecule has 140 valence electrons. The summed E-state index contributed by atoms with van der Waals surface area (Å²) < 4.78 is 0. The van der Waals surface area contributed by atoms with Gasteiger partial charge >= 0.3 is 6.03 Å². The highest BCUT2D eigenvalue weighted by atomic mass is 35.5. The van der Waals surface area contributed by atoms with Crippen LogP contribution in [0.1, 0.15) is 37.7 Å². The summed E-state index contributed by atoms with van der Waals surface area (Å²) >= 11 is 12.2. The van der Waals surface area contributed by atoms with Crippen molar-refractivity contribution >= 4 is 41.0 Å². The number of halogens is 2. The van der Waals surface area contributed by atoms with E-state index in [1.165, 1.54) is 0 Å². The largest absolute Gasteiger partial charge is 0.342 e. The molecule has 4 amide bonds. The van der Waals surface area contributed by atoms with E-state index in [4.69, 9.17) is 23.2 Å². The maximum absolute atomic E-state index is 12.7. The lowest BCUT2D eigenvalue weighted by atomic mass is 9.88. The Morgan fingerprint density at radius 2 is 1.81 bits per heavy atom. The van der Waals surface area contributed by atoms with Crippen molar-refractivity contribution in [3.05, 3.63) is 33.8 Å². The van der Waals surface area contributed by atoms with Crippen molar-refractivity contribution in [2.24, 2.45) is 5.92 Å². The lowest BCUT2D eigenvalue weighted by Gasteiger charge is -2.34. The number of carbonyl (C=O) groups excluding carboxylic acids is 3. The molecule has 2 heterocycles. The number of nitrogens with one attached hydrogen (secondary N) is 2. The van der Waals surface area contributed by atoms with Crippen molar-refractivity contribution in [1.29, 1.82) is 0 Å². The van der Waals surface area contributed by atoms with Gasteiger partial charge in [0.15, 0.2) is 0 Å². The fourth-order valence-electron chi connectivity index (χ4n) is 3.63. The van der Waals surface area contributed by atoms with Gasteiger partial charge in [-0.2, -0.15) is 0 Å². The van der Waals surface area contributed by atoms with E-state index in [0.29, 0.717) is 35.5 Å². The average molecular weight is 398 g/mol. The van der Waals surface area contributed by atoms with E-state index in [0.717, 1.165) is 18.4 Å². The van der Waals surface area contributed by atoms with Crippen molar-refractivity contribution in [2.75, 3.05) is 13.1 Å². The minimum Gasteiger partial charge on any atom is -0.342 e. The summed E-state index contributed by atoms with van der Waals surface area (Å²) in [5.74, 6) is -0.362. The Bertz CT molecular complexity index is 712. The van der Waals surface area contributed by atoms with Gasteiger partial charge in [0, 0.05) is 29.1 Å². The van der Waals surface area contributed by atoms with E-state index in [1.807, 2.05) is 17.0 Å². The molecule has 6 nitrogen and oxygen atoms in total. The Balaban J connectivity index is 1.54. The molecule has 2 saturated heterocycles. The normalized spacial score (nSPS) is 22.1. The third-order valence-corrected chi connectivity index (χ3v) is 5.47. The summed E-state index contributed by atoms with van der Waals surface area (Å²) in [6, 6.07) is 4.44. The second-order valence-electron chi connectivity index (χ2n) is 6.95. The maximum atomic E-state index is 12.7. The van der Waals surface area contributed by atoms with Crippen LogP contribution in [0.2, 0.25) is 10.0 Å². The maximum Gasteiger partial charge on any atom is 0.322 e. The molecule has 3 rings (SSSR count). The first-order chi connectivity index (χ1) is 12.3. The average Bonchev–Trinajstić information content (AvgIpc) is 2.90. The molecule has 1 aromatic rings. The van der Waals surface area contributed by atoms with E-state index in [9.17, 15) is 14.4 Å². The molecule has 2 fully saturated rings. The minimum absolute atomic E-state index is 0.0153. The highest BCUT2D eigenvalue weighted by Crippen LogP contribution is 2.32.